The number of anilines is 1. The van der Waals surface area contributed by atoms with Gasteiger partial charge in [-0.05, 0) is 26.0 Å². The maximum Gasteiger partial charge on any atom is 0.283 e. The molecule has 2 unspecified atom stereocenters. The summed E-state index contributed by atoms with van der Waals surface area (Å²) in [7, 11) is -1.87. The van der Waals surface area contributed by atoms with Gasteiger partial charge in [0.25, 0.3) is 10.0 Å². The first-order chi connectivity index (χ1) is 10.3. The molecule has 22 heavy (non-hydrogen) atoms. The Kier molecular flexibility index (Phi) is 3.72. The molecule has 2 aromatic rings. The van der Waals surface area contributed by atoms with Gasteiger partial charge in [-0.3, -0.25) is 4.31 Å². The van der Waals surface area contributed by atoms with Crippen LogP contribution in [-0.2, 0) is 17.1 Å². The van der Waals surface area contributed by atoms with Crippen LogP contribution in [-0.4, -0.2) is 29.3 Å². The molecular weight excluding hydrogens is 318 g/mol. The summed E-state index contributed by atoms with van der Waals surface area (Å²) in [4.78, 5) is 5.21. The summed E-state index contributed by atoms with van der Waals surface area (Å²) in [6.07, 6.45) is 1.58. The van der Waals surface area contributed by atoms with Crippen LogP contribution in [0.4, 0.5) is 5.69 Å². The normalized spacial score (nSPS) is 21.7. The van der Waals surface area contributed by atoms with E-state index in [4.69, 9.17) is 0 Å². The molecule has 0 bridgehead atoms. The summed E-state index contributed by atoms with van der Waals surface area (Å²) in [5.74, 6) is 0.680. The fourth-order valence-corrected chi connectivity index (χ4v) is 5.62. The van der Waals surface area contributed by atoms with E-state index in [0.717, 1.165) is 10.6 Å². The fourth-order valence-electron chi connectivity index (χ4n) is 2.55. The van der Waals surface area contributed by atoms with Gasteiger partial charge in [0.2, 0.25) is 0 Å². The number of aryl methyl sites for hydroxylation is 2. The SMILES string of the molecule is Cc1nc(S(=O)(=O)N2c3ccccc3SC(C)C2C)cn1C. The summed E-state index contributed by atoms with van der Waals surface area (Å²) in [5.41, 5.74) is 0.737. The van der Waals surface area contributed by atoms with Gasteiger partial charge >= 0.3 is 0 Å². The topological polar surface area (TPSA) is 55.2 Å². The zero-order chi connectivity index (χ0) is 16.1. The van der Waals surface area contributed by atoms with E-state index in [9.17, 15) is 8.42 Å². The second-order valence-corrected chi connectivity index (χ2v) is 8.75. The minimum atomic E-state index is -3.67. The van der Waals surface area contributed by atoms with Gasteiger partial charge in [-0.2, -0.15) is 8.42 Å². The predicted molar refractivity (Wildman–Crippen MR) is 88.8 cm³/mol. The lowest BCUT2D eigenvalue weighted by Crippen LogP contribution is -2.46. The van der Waals surface area contributed by atoms with Gasteiger partial charge in [-0.1, -0.05) is 19.1 Å². The van der Waals surface area contributed by atoms with Crippen molar-refractivity contribution in [2.75, 3.05) is 4.31 Å². The Morgan fingerprint density at radius 1 is 1.23 bits per heavy atom. The highest BCUT2D eigenvalue weighted by Gasteiger charge is 2.38. The molecule has 0 saturated carbocycles. The van der Waals surface area contributed by atoms with E-state index in [2.05, 4.69) is 11.9 Å². The van der Waals surface area contributed by atoms with Crippen LogP contribution in [0.3, 0.4) is 0 Å². The van der Waals surface area contributed by atoms with Crippen molar-refractivity contribution in [3.63, 3.8) is 0 Å². The first kappa shape index (κ1) is 15.4. The van der Waals surface area contributed by atoms with Crippen LogP contribution in [0, 0.1) is 6.92 Å². The smallest absolute Gasteiger partial charge is 0.283 e. The highest BCUT2D eigenvalue weighted by molar-refractivity contribution is 8.00. The van der Waals surface area contributed by atoms with Crippen molar-refractivity contribution in [1.29, 1.82) is 0 Å². The van der Waals surface area contributed by atoms with E-state index in [1.807, 2.05) is 31.2 Å². The molecule has 0 aliphatic carbocycles. The molecule has 2 heterocycles. The summed E-state index contributed by atoms with van der Waals surface area (Å²) in [6.45, 7) is 5.80. The number of nitrogens with zero attached hydrogens (tertiary/aromatic N) is 3. The minimum absolute atomic E-state index is 0.105. The molecule has 3 rings (SSSR count). The van der Waals surface area contributed by atoms with Crippen molar-refractivity contribution in [3.8, 4) is 0 Å². The first-order valence-corrected chi connectivity index (χ1v) is 9.44. The van der Waals surface area contributed by atoms with Crippen LogP contribution >= 0.6 is 11.8 Å². The lowest BCUT2D eigenvalue weighted by molar-refractivity contribution is 0.573. The summed E-state index contributed by atoms with van der Waals surface area (Å²) >= 11 is 1.71. The van der Waals surface area contributed by atoms with Crippen LogP contribution in [0.2, 0.25) is 0 Å². The third-order valence-corrected chi connectivity index (χ3v) is 7.21. The Morgan fingerprint density at radius 2 is 1.91 bits per heavy atom. The van der Waals surface area contributed by atoms with E-state index in [1.165, 1.54) is 4.31 Å². The van der Waals surface area contributed by atoms with E-state index >= 15 is 0 Å². The van der Waals surface area contributed by atoms with Crippen LogP contribution in [0.15, 0.2) is 40.4 Å². The average molecular weight is 337 g/mol. The quantitative estimate of drug-likeness (QED) is 0.845. The summed E-state index contributed by atoms with van der Waals surface area (Å²) in [6, 6.07) is 7.50. The van der Waals surface area contributed by atoms with E-state index in [1.54, 1.807) is 36.5 Å². The number of benzene rings is 1. The van der Waals surface area contributed by atoms with E-state index in [-0.39, 0.29) is 16.3 Å². The van der Waals surface area contributed by atoms with Crippen LogP contribution in [0.25, 0.3) is 0 Å². The Morgan fingerprint density at radius 3 is 2.55 bits per heavy atom. The molecule has 1 aliphatic rings. The highest BCUT2D eigenvalue weighted by atomic mass is 32.2. The molecule has 118 valence electrons. The number of hydrogen-bond acceptors (Lipinski definition) is 4. The minimum Gasteiger partial charge on any atom is -0.337 e. The van der Waals surface area contributed by atoms with E-state index < -0.39 is 10.0 Å². The molecule has 0 radical (unpaired) electrons. The largest absolute Gasteiger partial charge is 0.337 e. The number of rotatable bonds is 2. The van der Waals surface area contributed by atoms with Crippen molar-refractivity contribution in [2.24, 2.45) is 7.05 Å². The lowest BCUT2D eigenvalue weighted by atomic mass is 10.2. The number of sulfonamides is 1. The van der Waals surface area contributed by atoms with Gasteiger partial charge < -0.3 is 4.57 Å². The third-order valence-electron chi connectivity index (χ3n) is 4.07. The van der Waals surface area contributed by atoms with Crippen molar-refractivity contribution >= 4 is 27.5 Å². The predicted octanol–water partition coefficient (Wildman–Crippen LogP) is 2.81. The molecule has 2 atom stereocenters. The zero-order valence-electron chi connectivity index (χ0n) is 13.0. The number of imidazole rings is 1. The van der Waals surface area contributed by atoms with E-state index in [0.29, 0.717) is 5.82 Å². The highest BCUT2D eigenvalue weighted by Crippen LogP contribution is 2.43. The van der Waals surface area contributed by atoms with Gasteiger partial charge in [0.05, 0.1) is 11.7 Å². The molecule has 7 heteroatoms. The monoisotopic (exact) mass is 337 g/mol. The van der Waals surface area contributed by atoms with Gasteiger partial charge in [-0.25, -0.2) is 4.98 Å². The van der Waals surface area contributed by atoms with Crippen LogP contribution < -0.4 is 4.31 Å². The second kappa shape index (κ2) is 5.31. The summed E-state index contributed by atoms with van der Waals surface area (Å²) in [5, 5.41) is 0.280. The number of para-hydroxylation sites is 1. The standard InChI is InChI=1S/C15H19N3O2S2/c1-10-11(2)21-14-8-6-5-7-13(14)18(10)22(19,20)15-9-17(4)12(3)16-15/h5-11H,1-4H3. The molecule has 0 amide bonds. The molecule has 1 aliphatic heterocycles. The van der Waals surface area contributed by atoms with Crippen molar-refractivity contribution in [1.82, 2.24) is 9.55 Å². The third kappa shape index (κ3) is 2.32. The number of thioether (sulfide) groups is 1. The number of hydrogen-bond donors (Lipinski definition) is 0. The van der Waals surface area contributed by atoms with Crippen molar-refractivity contribution < 1.29 is 8.42 Å². The first-order valence-electron chi connectivity index (χ1n) is 7.12. The Labute approximate surface area is 135 Å². The number of fused-ring (bicyclic) bond motifs is 1. The Bertz CT molecular complexity index is 794. The molecule has 0 N–H and O–H groups in total. The molecule has 5 nitrogen and oxygen atoms in total. The maximum atomic E-state index is 13.1. The van der Waals surface area contributed by atoms with Crippen molar-refractivity contribution in [3.05, 3.63) is 36.3 Å². The lowest BCUT2D eigenvalue weighted by Gasteiger charge is -2.38. The second-order valence-electron chi connectivity index (χ2n) is 5.57. The van der Waals surface area contributed by atoms with Gasteiger partial charge in [0.1, 0.15) is 5.82 Å². The average Bonchev–Trinajstić information content (AvgIpc) is 2.80. The maximum absolute atomic E-state index is 13.1. The Balaban J connectivity index is 2.17. The molecule has 0 fully saturated rings. The van der Waals surface area contributed by atoms with Crippen LogP contribution in [0.5, 0.6) is 0 Å². The molecule has 0 spiro atoms. The molecule has 1 aromatic heterocycles. The van der Waals surface area contributed by atoms with Gasteiger partial charge in [0, 0.05) is 23.4 Å². The zero-order valence-corrected chi connectivity index (χ0v) is 14.6. The van der Waals surface area contributed by atoms with Crippen molar-refractivity contribution in [2.45, 2.75) is 42.0 Å². The summed E-state index contributed by atoms with van der Waals surface area (Å²) < 4.78 is 29.5. The van der Waals surface area contributed by atoms with Gasteiger partial charge in [-0.15, -0.1) is 11.8 Å². The molecule has 1 aromatic carbocycles. The van der Waals surface area contributed by atoms with Crippen LogP contribution in [0.1, 0.15) is 19.7 Å². The molecular formula is C15H19N3O2S2. The molecule has 0 saturated heterocycles. The number of aromatic nitrogens is 2. The fraction of sp³-hybridized carbons (Fsp3) is 0.400. The van der Waals surface area contributed by atoms with Gasteiger partial charge in [0.15, 0.2) is 5.03 Å². The Hall–Kier alpha value is -1.47.